The summed E-state index contributed by atoms with van der Waals surface area (Å²) < 4.78 is 28.5. The highest BCUT2D eigenvalue weighted by Crippen LogP contribution is 2.22. The maximum absolute atomic E-state index is 13.9. The molecule has 1 fully saturated rings. The lowest BCUT2D eigenvalue weighted by Crippen LogP contribution is -2.57. The smallest absolute Gasteiger partial charge is 0.321 e. The Kier molecular flexibility index (Phi) is 19.3. The highest BCUT2D eigenvalue weighted by atomic mass is 32.2. The number of carbonyl (C=O) groups is 9. The molecule has 0 aliphatic carbocycles. The summed E-state index contributed by atoms with van der Waals surface area (Å²) in [5, 5.41) is 27.1. The Morgan fingerprint density at radius 1 is 0.844 bits per heavy atom. The Morgan fingerprint density at radius 2 is 1.47 bits per heavy atom. The van der Waals surface area contributed by atoms with Crippen LogP contribution in [0.25, 0.3) is 0 Å². The summed E-state index contributed by atoms with van der Waals surface area (Å²) in [4.78, 5) is 115. The van der Waals surface area contributed by atoms with Crippen molar-refractivity contribution in [1.82, 2.24) is 25.2 Å². The molecule has 7 amide bonds. The molecule has 2 aromatic rings. The zero-order valence-electron chi connectivity index (χ0n) is 35.8. The number of nitrogens with two attached hydrogens (primary N) is 3. The number of nitrogens with one attached hydrogen (secondary N) is 4. The number of likely N-dealkylation sites (N-methyl/N-ethyl adjacent to an activating group) is 1. The van der Waals surface area contributed by atoms with Crippen molar-refractivity contribution >= 4 is 69.0 Å². The Morgan fingerprint density at radius 3 is 2.03 bits per heavy atom. The number of sulfonamides is 1. The van der Waals surface area contributed by atoms with Gasteiger partial charge in [0.25, 0.3) is 5.91 Å². The number of hydrogen-bond donors (Lipinski definition) is 9. The van der Waals surface area contributed by atoms with Crippen LogP contribution in [0.5, 0.6) is 0 Å². The van der Waals surface area contributed by atoms with Gasteiger partial charge in [0.05, 0.1) is 4.90 Å². The number of rotatable bonds is 25. The molecule has 1 saturated heterocycles. The molecule has 0 bridgehead atoms. The number of likely N-dealkylation sites (tertiary alicyclic amines) is 1. The number of nitrogens with zero attached hydrogens (tertiary/aromatic N) is 2. The van der Waals surface area contributed by atoms with Crippen LogP contribution in [0.1, 0.15) is 92.4 Å². The Hall–Kier alpha value is -6.46. The first-order chi connectivity index (χ1) is 30.0. The topological polar surface area (TPSA) is 361 Å². The van der Waals surface area contributed by atoms with Gasteiger partial charge < -0.3 is 53.2 Å². The van der Waals surface area contributed by atoms with Crippen LogP contribution in [0.3, 0.4) is 0 Å². The van der Waals surface area contributed by atoms with Crippen molar-refractivity contribution in [3.05, 3.63) is 59.7 Å². The maximum atomic E-state index is 13.9. The minimum atomic E-state index is -4.49. The molecule has 12 N–H and O–H groups in total. The second-order valence-corrected chi connectivity index (χ2v) is 17.5. The van der Waals surface area contributed by atoms with E-state index in [-0.39, 0.29) is 66.4 Å². The van der Waals surface area contributed by atoms with Crippen LogP contribution < -0.4 is 37.9 Å². The minimum Gasteiger partial charge on any atom is -0.481 e. The third-order valence-electron chi connectivity index (χ3n) is 10.3. The maximum Gasteiger partial charge on any atom is 0.321 e. The van der Waals surface area contributed by atoms with E-state index in [1.54, 1.807) is 13.8 Å². The van der Waals surface area contributed by atoms with Crippen LogP contribution >= 0.6 is 0 Å². The van der Waals surface area contributed by atoms with Gasteiger partial charge in [0.1, 0.15) is 24.2 Å². The third-order valence-corrected chi connectivity index (χ3v) is 11.8. The van der Waals surface area contributed by atoms with Gasteiger partial charge >= 0.3 is 11.9 Å². The number of benzene rings is 2. The fraction of sp³-hybridized carbons (Fsp3) is 0.488. The fourth-order valence-corrected chi connectivity index (χ4v) is 8.10. The van der Waals surface area contributed by atoms with E-state index in [0.717, 1.165) is 21.9 Å². The van der Waals surface area contributed by atoms with Gasteiger partial charge in [-0.25, -0.2) is 8.42 Å². The third kappa shape index (κ3) is 15.7. The van der Waals surface area contributed by atoms with Gasteiger partial charge in [0.2, 0.25) is 45.5 Å². The molecule has 350 valence electrons. The van der Waals surface area contributed by atoms with Gasteiger partial charge in [-0.15, -0.1) is 0 Å². The molecule has 1 aliphatic heterocycles. The molecule has 5 atom stereocenters. The van der Waals surface area contributed by atoms with Crippen molar-refractivity contribution in [2.75, 3.05) is 25.5 Å². The van der Waals surface area contributed by atoms with E-state index >= 15 is 0 Å². The average Bonchev–Trinajstić information content (AvgIpc) is 3.63. The summed E-state index contributed by atoms with van der Waals surface area (Å²) >= 11 is 0. The Labute approximate surface area is 370 Å². The SMILES string of the molecule is CC(C)C[C@H](NC(=O)[C@@H]1C[C@H](N)CN1C(=O)CC[C@@H](NS(=O)(=O)c1ccc(NC(=O)c2ccc(C(N)=O)cc2)cc1)C(=O)O)C(=O)N(C)[C@@H](CCC(=O)O)C(=O)NCCCCC(N)=O. The number of unbranched alkanes of at least 4 members (excludes halogenated alkanes) is 1. The van der Waals surface area contributed by atoms with E-state index in [0.29, 0.717) is 12.8 Å². The minimum absolute atomic E-state index is 0.0254. The molecule has 64 heavy (non-hydrogen) atoms. The van der Waals surface area contributed by atoms with Crippen LogP contribution in [0.4, 0.5) is 5.69 Å². The number of carboxylic acids is 2. The van der Waals surface area contributed by atoms with Gasteiger partial charge in [0.15, 0.2) is 0 Å². The van der Waals surface area contributed by atoms with Crippen molar-refractivity contribution in [2.45, 2.75) is 107 Å². The lowest BCUT2D eigenvalue weighted by atomic mass is 10.00. The Bertz CT molecular complexity index is 2150. The van der Waals surface area contributed by atoms with E-state index < -0.39 is 113 Å². The number of primary amides is 2. The molecule has 0 radical (unpaired) electrons. The molecule has 22 nitrogen and oxygen atoms in total. The van der Waals surface area contributed by atoms with Gasteiger partial charge in [-0.05, 0) is 93.0 Å². The van der Waals surface area contributed by atoms with Crippen molar-refractivity contribution in [1.29, 1.82) is 0 Å². The summed E-state index contributed by atoms with van der Waals surface area (Å²) in [7, 11) is -3.18. The standard InChI is InChI=1S/C41H57N9O13S/c1-23(2)20-30(40(59)49(3)31(16-18-35(53)54)38(57)45-19-5-4-6-33(43)51)47-39(58)32-21-26(42)22-50(32)34(52)17-15-29(41(60)61)48-64(62,63)28-13-11-27(12-14-28)46-37(56)25-9-7-24(8-10-25)36(44)55/h7-14,23,26,29-32,48H,4-6,15-22,42H2,1-3H3,(H2,43,51)(H2,44,55)(H,45,57)(H,46,56)(H,47,58)(H,53,54)(H,60,61)/t26-,29+,30-,31-,32-/m0/s1. The summed E-state index contributed by atoms with van der Waals surface area (Å²) in [6.07, 6.45) is -0.781. The first kappa shape index (κ1) is 51.9. The monoisotopic (exact) mass is 915 g/mol. The highest BCUT2D eigenvalue weighted by Gasteiger charge is 2.41. The molecule has 0 unspecified atom stereocenters. The molecule has 23 heteroatoms. The van der Waals surface area contributed by atoms with Crippen LogP contribution in [0.15, 0.2) is 53.4 Å². The Balaban J connectivity index is 1.68. The fourth-order valence-electron chi connectivity index (χ4n) is 6.87. The van der Waals surface area contributed by atoms with E-state index in [1.807, 2.05) is 0 Å². The first-order valence-corrected chi connectivity index (χ1v) is 21.9. The number of carbonyl (C=O) groups excluding carboxylic acids is 7. The summed E-state index contributed by atoms with van der Waals surface area (Å²) in [6, 6.07) is 4.17. The first-order valence-electron chi connectivity index (χ1n) is 20.5. The lowest BCUT2D eigenvalue weighted by molar-refractivity contribution is -0.145. The molecule has 1 aliphatic rings. The van der Waals surface area contributed by atoms with E-state index in [9.17, 15) is 61.8 Å². The molecule has 0 spiro atoms. The largest absolute Gasteiger partial charge is 0.481 e. The van der Waals surface area contributed by atoms with Crippen LogP contribution in [0, 0.1) is 5.92 Å². The number of anilines is 1. The van der Waals surface area contributed by atoms with Crippen LogP contribution in [0.2, 0.25) is 0 Å². The second-order valence-electron chi connectivity index (χ2n) is 15.8. The van der Waals surface area contributed by atoms with Gasteiger partial charge in [-0.3, -0.25) is 43.2 Å². The zero-order chi connectivity index (χ0) is 47.9. The van der Waals surface area contributed by atoms with E-state index in [2.05, 4.69) is 20.7 Å². The highest BCUT2D eigenvalue weighted by molar-refractivity contribution is 7.89. The number of aliphatic carboxylic acids is 2. The second kappa shape index (κ2) is 23.8. The van der Waals surface area contributed by atoms with Gasteiger partial charge in [-0.2, -0.15) is 4.72 Å². The zero-order valence-corrected chi connectivity index (χ0v) is 36.6. The summed E-state index contributed by atoms with van der Waals surface area (Å²) in [5.41, 5.74) is 17.1. The number of hydrogen-bond acceptors (Lipinski definition) is 12. The predicted octanol–water partition coefficient (Wildman–Crippen LogP) is -0.528. The lowest BCUT2D eigenvalue weighted by Gasteiger charge is -2.32. The predicted molar refractivity (Wildman–Crippen MR) is 229 cm³/mol. The van der Waals surface area contributed by atoms with Crippen LogP contribution in [-0.2, 0) is 43.6 Å². The quantitative estimate of drug-likeness (QED) is 0.0566. The average molecular weight is 916 g/mol. The molecular weight excluding hydrogens is 859 g/mol. The summed E-state index contributed by atoms with van der Waals surface area (Å²) in [5.74, 6) is -7.52. The number of amides is 7. The van der Waals surface area contributed by atoms with Gasteiger partial charge in [-0.1, -0.05) is 13.8 Å². The van der Waals surface area contributed by atoms with Crippen molar-refractivity contribution in [3.63, 3.8) is 0 Å². The summed E-state index contributed by atoms with van der Waals surface area (Å²) in [6.45, 7) is 3.59. The van der Waals surface area contributed by atoms with Gasteiger partial charge in [0, 0.05) is 62.3 Å². The van der Waals surface area contributed by atoms with E-state index in [4.69, 9.17) is 17.2 Å². The molecule has 0 saturated carbocycles. The molecule has 1 heterocycles. The molecule has 0 aromatic heterocycles. The molecular formula is C41H57N9O13S. The van der Waals surface area contributed by atoms with E-state index in [1.165, 1.54) is 43.4 Å². The van der Waals surface area contributed by atoms with Crippen LogP contribution in [-0.4, -0.2) is 132 Å². The normalized spacial score (nSPS) is 16.2. The molecule has 3 rings (SSSR count). The van der Waals surface area contributed by atoms with Crippen molar-refractivity contribution in [3.8, 4) is 0 Å². The number of carboxylic acid groups (broad SMARTS) is 2. The molecule has 2 aromatic carbocycles. The van der Waals surface area contributed by atoms with Crippen molar-refractivity contribution < 1.29 is 61.8 Å². The van der Waals surface area contributed by atoms with Crippen molar-refractivity contribution in [2.24, 2.45) is 23.1 Å².